The van der Waals surface area contributed by atoms with Crippen molar-refractivity contribution in [3.8, 4) is 11.1 Å². The van der Waals surface area contributed by atoms with Crippen LogP contribution >= 0.6 is 0 Å². The Morgan fingerprint density at radius 1 is 1.12 bits per heavy atom. The van der Waals surface area contributed by atoms with Crippen LogP contribution in [-0.2, 0) is 5.60 Å². The number of hydrogen-bond acceptors (Lipinski definition) is 5. The fourth-order valence-electron chi connectivity index (χ4n) is 3.64. The number of piperidine rings is 1. The van der Waals surface area contributed by atoms with Crippen LogP contribution in [0.15, 0.2) is 42.6 Å². The highest BCUT2D eigenvalue weighted by Gasteiger charge is 2.30. The number of benzene rings is 1. The molecule has 26 heavy (non-hydrogen) atoms. The molecule has 5 N–H and O–H groups in total. The predicted octanol–water partition coefficient (Wildman–Crippen LogP) is 2.21. The van der Waals surface area contributed by atoms with Crippen molar-refractivity contribution in [1.82, 2.24) is 15.3 Å². The highest BCUT2D eigenvalue weighted by molar-refractivity contribution is 5.94. The van der Waals surface area contributed by atoms with Gasteiger partial charge in [0.15, 0.2) is 0 Å². The molecule has 0 bridgehead atoms. The first-order chi connectivity index (χ1) is 12.7. The molecule has 2 aromatic heterocycles. The lowest BCUT2D eigenvalue weighted by Crippen LogP contribution is -2.39. The molecule has 4 rings (SSSR count). The van der Waals surface area contributed by atoms with Crippen LogP contribution in [0.3, 0.4) is 0 Å². The largest absolute Gasteiger partial charge is 0.395 e. The van der Waals surface area contributed by atoms with Gasteiger partial charge in [-0.05, 0) is 54.8 Å². The minimum absolute atomic E-state index is 0.0575. The summed E-state index contributed by atoms with van der Waals surface area (Å²) in [5.41, 5.74) is 3.19. The Morgan fingerprint density at radius 2 is 1.88 bits per heavy atom. The summed E-state index contributed by atoms with van der Waals surface area (Å²) in [5.74, 6) is 0.727. The lowest BCUT2D eigenvalue weighted by molar-refractivity contribution is 0.00595. The first kappa shape index (κ1) is 17.0. The molecule has 1 aliphatic rings. The average molecular weight is 352 g/mol. The molecule has 0 unspecified atom stereocenters. The Bertz CT molecular complexity index is 882. The van der Waals surface area contributed by atoms with Gasteiger partial charge in [-0.3, -0.25) is 0 Å². The summed E-state index contributed by atoms with van der Waals surface area (Å²) < 4.78 is 0. The lowest BCUT2D eigenvalue weighted by Gasteiger charge is -2.33. The van der Waals surface area contributed by atoms with Crippen LogP contribution in [0, 0.1) is 0 Å². The first-order valence-electron chi connectivity index (χ1n) is 9.06. The monoisotopic (exact) mass is 352 g/mol. The maximum Gasteiger partial charge on any atom is 0.140 e. The molecule has 136 valence electrons. The van der Waals surface area contributed by atoms with Gasteiger partial charge in [0, 0.05) is 18.1 Å². The number of aliphatic hydroxyl groups excluding tert-OH is 1. The number of nitrogens with one attached hydrogen (secondary N) is 3. The number of pyridine rings is 1. The maximum absolute atomic E-state index is 10.9. The summed E-state index contributed by atoms with van der Waals surface area (Å²) in [6.45, 7) is 2.19. The molecule has 1 fully saturated rings. The molecule has 0 radical (unpaired) electrons. The average Bonchev–Trinajstić information content (AvgIpc) is 3.15. The van der Waals surface area contributed by atoms with Gasteiger partial charge < -0.3 is 25.8 Å². The number of aromatic amines is 1. The number of aliphatic hydroxyl groups is 2. The van der Waals surface area contributed by atoms with Gasteiger partial charge in [-0.1, -0.05) is 24.3 Å². The third-order valence-corrected chi connectivity index (χ3v) is 5.11. The van der Waals surface area contributed by atoms with E-state index in [9.17, 15) is 5.11 Å². The van der Waals surface area contributed by atoms with E-state index in [2.05, 4.69) is 32.7 Å². The van der Waals surface area contributed by atoms with Crippen molar-refractivity contribution in [1.29, 1.82) is 0 Å². The van der Waals surface area contributed by atoms with E-state index in [-0.39, 0.29) is 6.61 Å². The van der Waals surface area contributed by atoms with Crippen LogP contribution in [-0.4, -0.2) is 46.4 Å². The molecule has 1 saturated heterocycles. The van der Waals surface area contributed by atoms with Crippen molar-refractivity contribution in [3.05, 3.63) is 48.2 Å². The Morgan fingerprint density at radius 3 is 2.62 bits per heavy atom. The van der Waals surface area contributed by atoms with Gasteiger partial charge in [-0.2, -0.15) is 0 Å². The number of aromatic nitrogens is 2. The molecule has 0 spiro atoms. The fourth-order valence-corrected chi connectivity index (χ4v) is 3.64. The summed E-state index contributed by atoms with van der Waals surface area (Å²) in [7, 11) is 0. The summed E-state index contributed by atoms with van der Waals surface area (Å²) in [4.78, 5) is 7.69. The standard InChI is InChI=1S/C20H24N4O2/c25-12-11-22-18-13-17(16-5-8-23-19(16)24-18)14-1-3-15(4-2-14)20(26)6-9-21-10-7-20/h1-5,8,13,21,25-26H,6-7,9-12H2,(H2,22,23,24). The highest BCUT2D eigenvalue weighted by Crippen LogP contribution is 2.34. The van der Waals surface area contributed by atoms with Gasteiger partial charge in [0.2, 0.25) is 0 Å². The Labute approximate surface area is 152 Å². The van der Waals surface area contributed by atoms with Crippen LogP contribution in [0.25, 0.3) is 22.2 Å². The summed E-state index contributed by atoms with van der Waals surface area (Å²) >= 11 is 0. The van der Waals surface area contributed by atoms with Crippen molar-refractivity contribution in [2.45, 2.75) is 18.4 Å². The van der Waals surface area contributed by atoms with Crippen LogP contribution in [0.1, 0.15) is 18.4 Å². The second-order valence-corrected chi connectivity index (χ2v) is 6.80. The van der Waals surface area contributed by atoms with Crippen molar-refractivity contribution in [3.63, 3.8) is 0 Å². The second-order valence-electron chi connectivity index (χ2n) is 6.80. The first-order valence-corrected chi connectivity index (χ1v) is 9.06. The number of nitrogens with zero attached hydrogens (tertiary/aromatic N) is 1. The van der Waals surface area contributed by atoms with Gasteiger partial charge in [-0.15, -0.1) is 0 Å². The Kier molecular flexibility index (Phi) is 4.63. The van der Waals surface area contributed by atoms with Gasteiger partial charge in [0.25, 0.3) is 0 Å². The van der Waals surface area contributed by atoms with Crippen LogP contribution in [0.4, 0.5) is 5.82 Å². The molecule has 0 atom stereocenters. The van der Waals surface area contributed by atoms with Crippen molar-refractivity contribution >= 4 is 16.9 Å². The number of rotatable bonds is 5. The zero-order chi connectivity index (χ0) is 18.0. The number of H-pyrrole nitrogens is 1. The molecule has 0 amide bonds. The summed E-state index contributed by atoms with van der Waals surface area (Å²) in [5, 5.41) is 27.4. The van der Waals surface area contributed by atoms with E-state index in [1.54, 1.807) is 0 Å². The zero-order valence-electron chi connectivity index (χ0n) is 14.6. The number of anilines is 1. The van der Waals surface area contributed by atoms with E-state index in [0.717, 1.165) is 59.5 Å². The zero-order valence-corrected chi connectivity index (χ0v) is 14.6. The van der Waals surface area contributed by atoms with E-state index in [4.69, 9.17) is 5.11 Å². The molecular formula is C20H24N4O2. The number of hydrogen-bond donors (Lipinski definition) is 5. The predicted molar refractivity (Wildman–Crippen MR) is 103 cm³/mol. The highest BCUT2D eigenvalue weighted by atomic mass is 16.3. The maximum atomic E-state index is 10.9. The molecule has 0 aliphatic carbocycles. The van der Waals surface area contributed by atoms with Crippen molar-refractivity contribution in [2.75, 3.05) is 31.6 Å². The molecule has 6 heteroatoms. The molecule has 1 aromatic carbocycles. The fraction of sp³-hybridized carbons (Fsp3) is 0.350. The van der Waals surface area contributed by atoms with Gasteiger partial charge in [0.1, 0.15) is 11.5 Å². The minimum atomic E-state index is -0.737. The minimum Gasteiger partial charge on any atom is -0.395 e. The molecule has 0 saturated carbocycles. The summed E-state index contributed by atoms with van der Waals surface area (Å²) in [6, 6.07) is 12.2. The summed E-state index contributed by atoms with van der Waals surface area (Å²) in [6.07, 6.45) is 3.35. The number of fused-ring (bicyclic) bond motifs is 1. The van der Waals surface area contributed by atoms with Crippen LogP contribution in [0.5, 0.6) is 0 Å². The van der Waals surface area contributed by atoms with Crippen LogP contribution < -0.4 is 10.6 Å². The third-order valence-electron chi connectivity index (χ3n) is 5.11. The van der Waals surface area contributed by atoms with E-state index >= 15 is 0 Å². The smallest absolute Gasteiger partial charge is 0.140 e. The van der Waals surface area contributed by atoms with E-state index in [1.807, 2.05) is 30.5 Å². The van der Waals surface area contributed by atoms with Gasteiger partial charge in [-0.25, -0.2) is 4.98 Å². The Balaban J connectivity index is 1.69. The van der Waals surface area contributed by atoms with Gasteiger partial charge in [0.05, 0.1) is 12.2 Å². The third kappa shape index (κ3) is 3.19. The SMILES string of the molecule is OCCNc1cc(-c2ccc(C3(O)CCNCC3)cc2)c2cc[nH]c2n1. The van der Waals surface area contributed by atoms with E-state index < -0.39 is 5.60 Å². The molecule has 3 aromatic rings. The lowest BCUT2D eigenvalue weighted by atomic mass is 9.84. The topological polar surface area (TPSA) is 93.2 Å². The molecule has 6 nitrogen and oxygen atoms in total. The van der Waals surface area contributed by atoms with Crippen molar-refractivity contribution in [2.24, 2.45) is 0 Å². The molecular weight excluding hydrogens is 328 g/mol. The van der Waals surface area contributed by atoms with Crippen molar-refractivity contribution < 1.29 is 10.2 Å². The Hall–Kier alpha value is -2.41. The molecule has 1 aliphatic heterocycles. The molecule has 3 heterocycles. The van der Waals surface area contributed by atoms with E-state index in [1.165, 1.54) is 0 Å². The van der Waals surface area contributed by atoms with Crippen LogP contribution in [0.2, 0.25) is 0 Å². The second kappa shape index (κ2) is 7.07. The quantitative estimate of drug-likeness (QED) is 0.485. The normalized spacial score (nSPS) is 16.7. The van der Waals surface area contributed by atoms with E-state index in [0.29, 0.717) is 6.54 Å². The van der Waals surface area contributed by atoms with Gasteiger partial charge >= 0.3 is 0 Å².